The van der Waals surface area contributed by atoms with E-state index >= 15 is 0 Å². The fourth-order valence-corrected chi connectivity index (χ4v) is 2.50. The summed E-state index contributed by atoms with van der Waals surface area (Å²) in [6.45, 7) is 6.16. The van der Waals surface area contributed by atoms with Crippen molar-refractivity contribution in [1.29, 1.82) is 0 Å². The maximum absolute atomic E-state index is 11.1. The number of rotatable bonds is 13. The van der Waals surface area contributed by atoms with Crippen LogP contribution >= 0.6 is 0 Å². The van der Waals surface area contributed by atoms with Crippen molar-refractivity contribution in [2.24, 2.45) is 11.8 Å². The molecule has 7 nitrogen and oxygen atoms in total. The number of aliphatic hydroxyl groups is 1. The molecule has 1 saturated heterocycles. The molecule has 0 spiro atoms. The van der Waals surface area contributed by atoms with Crippen LogP contribution in [0, 0.1) is 11.8 Å². The lowest BCUT2D eigenvalue weighted by Crippen LogP contribution is -2.42. The Hall–Kier alpha value is -0.570. The van der Waals surface area contributed by atoms with Gasteiger partial charge in [-0.25, -0.2) is 10.9 Å². The van der Waals surface area contributed by atoms with Gasteiger partial charge in [0.05, 0.1) is 13.2 Å². The van der Waals surface area contributed by atoms with E-state index in [1.54, 1.807) is 6.92 Å². The van der Waals surface area contributed by atoms with Gasteiger partial charge in [-0.15, -0.1) is 0 Å². The zero-order valence-corrected chi connectivity index (χ0v) is 12.9. The predicted molar refractivity (Wildman–Crippen MR) is 77.2 cm³/mol. The Kier molecular flexibility index (Phi) is 6.09. The highest BCUT2D eigenvalue weighted by Crippen LogP contribution is 2.64. The first kappa shape index (κ1) is 16.8. The van der Waals surface area contributed by atoms with Crippen LogP contribution in [-0.2, 0) is 14.3 Å². The summed E-state index contributed by atoms with van der Waals surface area (Å²) < 4.78 is 10.6. The lowest BCUT2D eigenvalue weighted by atomic mass is 10.0. The number of carbonyl (C=O) groups excluding carboxylic acids is 1. The van der Waals surface area contributed by atoms with Gasteiger partial charge in [-0.05, 0) is 32.9 Å². The van der Waals surface area contributed by atoms with E-state index in [1.807, 2.05) is 6.92 Å². The van der Waals surface area contributed by atoms with Crippen molar-refractivity contribution in [3.63, 3.8) is 0 Å². The highest BCUT2D eigenvalue weighted by Gasteiger charge is 2.82. The van der Waals surface area contributed by atoms with Gasteiger partial charge in [0.25, 0.3) is 0 Å². The number of hydrogen-bond acceptors (Lipinski definition) is 7. The molecule has 4 atom stereocenters. The molecule has 0 aromatic heterocycles. The number of carbonyl (C=O) groups is 1. The molecule has 0 radical (unpaired) electrons. The third-order valence-electron chi connectivity index (χ3n) is 4.27. The molecule has 21 heavy (non-hydrogen) atoms. The average molecular weight is 301 g/mol. The molecule has 4 N–H and O–H groups in total. The van der Waals surface area contributed by atoms with Gasteiger partial charge in [0.2, 0.25) is 0 Å². The van der Waals surface area contributed by atoms with E-state index in [0.717, 1.165) is 25.9 Å². The number of hydrogen-bond donors (Lipinski definition) is 4. The number of hydrazine groups is 1. The first-order chi connectivity index (χ1) is 10.1. The second-order valence-corrected chi connectivity index (χ2v) is 5.86. The van der Waals surface area contributed by atoms with Gasteiger partial charge in [-0.3, -0.25) is 4.79 Å². The number of nitrogens with one attached hydrogen (secondary N) is 3. The summed E-state index contributed by atoms with van der Waals surface area (Å²) in [7, 11) is 0. The van der Waals surface area contributed by atoms with Crippen LogP contribution in [0.5, 0.6) is 0 Å². The Balaban J connectivity index is 1.44. The number of Topliss-reactive ketones (excluding diaryl/α,β-unsaturated/α-hetero) is 1. The van der Waals surface area contributed by atoms with E-state index in [-0.39, 0.29) is 24.0 Å². The molecule has 2 rings (SSSR count). The van der Waals surface area contributed by atoms with E-state index in [2.05, 4.69) is 16.2 Å². The van der Waals surface area contributed by atoms with Gasteiger partial charge in [0, 0.05) is 11.8 Å². The number of aliphatic hydroxyl groups excluding tert-OH is 1. The van der Waals surface area contributed by atoms with Crippen LogP contribution < -0.4 is 16.2 Å². The van der Waals surface area contributed by atoms with Crippen LogP contribution in [0.3, 0.4) is 0 Å². The molecule has 0 amide bonds. The highest BCUT2D eigenvalue weighted by atomic mass is 16.7. The van der Waals surface area contributed by atoms with Crippen LogP contribution in [0.1, 0.15) is 26.7 Å². The fourth-order valence-electron chi connectivity index (χ4n) is 2.50. The molecule has 2 aliphatic rings. The van der Waals surface area contributed by atoms with Crippen LogP contribution in [-0.4, -0.2) is 55.8 Å². The zero-order valence-electron chi connectivity index (χ0n) is 12.9. The molecule has 2 unspecified atom stereocenters. The second-order valence-electron chi connectivity index (χ2n) is 5.86. The minimum atomic E-state index is -0.184. The topological polar surface area (TPSA) is 95.2 Å². The largest absolute Gasteiger partial charge is 0.394 e. The summed E-state index contributed by atoms with van der Waals surface area (Å²) in [5.74, 6) is 0.943. The molecular weight excluding hydrogens is 274 g/mol. The van der Waals surface area contributed by atoms with Gasteiger partial charge >= 0.3 is 0 Å². The summed E-state index contributed by atoms with van der Waals surface area (Å²) in [6.07, 6.45) is 2.28. The maximum atomic E-state index is 11.1. The molecule has 1 aliphatic heterocycles. The Morgan fingerprint density at radius 1 is 1.48 bits per heavy atom. The predicted octanol–water partition coefficient (Wildman–Crippen LogP) is -0.633. The number of epoxide rings is 1. The van der Waals surface area contributed by atoms with Crippen molar-refractivity contribution in [2.45, 2.75) is 38.5 Å². The molecule has 2 fully saturated rings. The first-order valence-electron chi connectivity index (χ1n) is 7.69. The quantitative estimate of drug-likeness (QED) is 0.156. The van der Waals surface area contributed by atoms with Crippen molar-refractivity contribution >= 4 is 5.78 Å². The number of ketones is 1. The summed E-state index contributed by atoms with van der Waals surface area (Å²) in [5.41, 5.74) is 5.91. The molecule has 0 aromatic rings. The van der Waals surface area contributed by atoms with Crippen molar-refractivity contribution < 1.29 is 19.4 Å². The van der Waals surface area contributed by atoms with E-state index < -0.39 is 0 Å². The third-order valence-corrected chi connectivity index (χ3v) is 4.27. The molecule has 1 heterocycles. The minimum Gasteiger partial charge on any atom is -0.394 e. The van der Waals surface area contributed by atoms with Crippen molar-refractivity contribution in [3.8, 4) is 0 Å². The summed E-state index contributed by atoms with van der Waals surface area (Å²) >= 11 is 0. The van der Waals surface area contributed by atoms with Crippen LogP contribution in [0.4, 0.5) is 0 Å². The van der Waals surface area contributed by atoms with Gasteiger partial charge in [-0.2, -0.15) is 0 Å². The SMILES string of the molecule is CC(=O)C(C)CCNCCC1[C@@H]2O[C@@]12NNCOCCO. The minimum absolute atomic E-state index is 0.0302. The average Bonchev–Trinajstić information content (AvgIpc) is 3.31. The van der Waals surface area contributed by atoms with Crippen LogP contribution in [0.25, 0.3) is 0 Å². The lowest BCUT2D eigenvalue weighted by Gasteiger charge is -2.14. The van der Waals surface area contributed by atoms with Crippen molar-refractivity contribution in [1.82, 2.24) is 16.2 Å². The summed E-state index contributed by atoms with van der Waals surface area (Å²) in [4.78, 5) is 11.1. The molecule has 122 valence electrons. The van der Waals surface area contributed by atoms with E-state index in [9.17, 15) is 4.79 Å². The van der Waals surface area contributed by atoms with E-state index in [0.29, 0.717) is 25.4 Å². The van der Waals surface area contributed by atoms with Gasteiger partial charge in [-0.1, -0.05) is 6.92 Å². The molecule has 1 aliphatic carbocycles. The third kappa shape index (κ3) is 4.45. The summed E-state index contributed by atoms with van der Waals surface area (Å²) in [6, 6.07) is 0. The van der Waals surface area contributed by atoms with Gasteiger partial charge in [0.15, 0.2) is 5.72 Å². The second kappa shape index (κ2) is 7.62. The fraction of sp³-hybridized carbons (Fsp3) is 0.929. The van der Waals surface area contributed by atoms with Crippen LogP contribution in [0.2, 0.25) is 0 Å². The Labute approximate surface area is 125 Å². The molecular formula is C14H27N3O4. The van der Waals surface area contributed by atoms with Crippen molar-refractivity contribution in [3.05, 3.63) is 0 Å². The van der Waals surface area contributed by atoms with Gasteiger partial charge in [0.1, 0.15) is 18.6 Å². The standard InChI is InChI=1S/C14H27N3O4/c1-10(11(2)19)3-5-15-6-4-12-13-14(12,21-13)17-16-9-20-8-7-18/h10,12-13,15-18H,3-9H2,1-2H3/t10?,12?,13-,14-/m0/s1. The van der Waals surface area contributed by atoms with E-state index in [4.69, 9.17) is 14.6 Å². The van der Waals surface area contributed by atoms with Crippen LogP contribution in [0.15, 0.2) is 0 Å². The maximum Gasteiger partial charge on any atom is 0.164 e. The Morgan fingerprint density at radius 2 is 2.29 bits per heavy atom. The monoisotopic (exact) mass is 301 g/mol. The molecule has 1 saturated carbocycles. The highest BCUT2D eigenvalue weighted by molar-refractivity contribution is 5.77. The lowest BCUT2D eigenvalue weighted by molar-refractivity contribution is -0.120. The Bertz CT molecular complexity index is 355. The number of ether oxygens (including phenoxy) is 2. The van der Waals surface area contributed by atoms with Crippen molar-refractivity contribution in [2.75, 3.05) is 33.0 Å². The molecule has 0 bridgehead atoms. The zero-order chi connectivity index (χ0) is 15.3. The van der Waals surface area contributed by atoms with E-state index in [1.165, 1.54) is 0 Å². The first-order valence-corrected chi connectivity index (χ1v) is 7.69. The smallest absolute Gasteiger partial charge is 0.164 e. The normalized spacial score (nSPS) is 30.8. The molecule has 0 aromatic carbocycles. The molecule has 7 heteroatoms. The number of fused-ring (bicyclic) bond motifs is 1. The summed E-state index contributed by atoms with van der Waals surface area (Å²) in [5, 5.41) is 11.9. The van der Waals surface area contributed by atoms with Gasteiger partial charge < -0.3 is 19.9 Å². The Morgan fingerprint density at radius 3 is 2.95 bits per heavy atom.